The Kier molecular flexibility index (Phi) is 4.64. The van der Waals surface area contributed by atoms with Gasteiger partial charge < -0.3 is 14.7 Å². The molecule has 1 aliphatic heterocycles. The highest BCUT2D eigenvalue weighted by Crippen LogP contribution is 2.51. The third kappa shape index (κ3) is 3.21. The predicted octanol–water partition coefficient (Wildman–Crippen LogP) is 3.27. The summed E-state index contributed by atoms with van der Waals surface area (Å²) in [7, 11) is 4.13. The second-order valence-corrected chi connectivity index (χ2v) is 7.80. The van der Waals surface area contributed by atoms with Crippen molar-refractivity contribution in [3.63, 3.8) is 0 Å². The highest BCUT2D eigenvalue weighted by Gasteiger charge is 2.55. The summed E-state index contributed by atoms with van der Waals surface area (Å²) in [5.74, 6) is -0.242. The van der Waals surface area contributed by atoms with Crippen molar-refractivity contribution in [3.05, 3.63) is 59.9 Å². The fourth-order valence-electron chi connectivity index (χ4n) is 4.02. The van der Waals surface area contributed by atoms with Crippen molar-refractivity contribution < 1.29 is 9.18 Å². The Morgan fingerprint density at radius 3 is 2.37 bits per heavy atom. The second kappa shape index (κ2) is 6.97. The van der Waals surface area contributed by atoms with Crippen LogP contribution in [0, 0.1) is 5.82 Å². The van der Waals surface area contributed by atoms with E-state index < -0.39 is 5.41 Å². The second-order valence-electron chi connectivity index (χ2n) is 7.80. The summed E-state index contributed by atoms with van der Waals surface area (Å²) in [6.07, 6.45) is 1.44. The highest BCUT2D eigenvalue weighted by molar-refractivity contribution is 6.05. The van der Waals surface area contributed by atoms with Gasteiger partial charge in [-0.1, -0.05) is 30.3 Å². The Morgan fingerprint density at radius 1 is 1.04 bits per heavy atom. The number of benzene rings is 2. The fourth-order valence-corrected chi connectivity index (χ4v) is 4.02. The first-order valence-corrected chi connectivity index (χ1v) is 9.59. The van der Waals surface area contributed by atoms with Gasteiger partial charge in [-0.3, -0.25) is 4.79 Å². The molecule has 0 radical (unpaired) electrons. The van der Waals surface area contributed by atoms with Crippen molar-refractivity contribution in [1.29, 1.82) is 0 Å². The Bertz CT molecular complexity index is 847. The number of hydrogen-bond acceptors (Lipinski definition) is 3. The van der Waals surface area contributed by atoms with Gasteiger partial charge in [0.15, 0.2) is 0 Å². The van der Waals surface area contributed by atoms with E-state index in [1.807, 2.05) is 29.2 Å². The number of carbonyl (C=O) groups excluding carboxylic acids is 1. The average Bonchev–Trinajstić information content (AvgIpc) is 3.47. The van der Waals surface area contributed by atoms with Crippen LogP contribution < -0.4 is 9.80 Å². The van der Waals surface area contributed by atoms with Crippen LogP contribution in [-0.2, 0) is 10.2 Å². The van der Waals surface area contributed by atoms with Crippen molar-refractivity contribution in [3.8, 4) is 0 Å². The van der Waals surface area contributed by atoms with Gasteiger partial charge in [-0.15, -0.1) is 0 Å². The molecule has 5 heteroatoms. The zero-order valence-electron chi connectivity index (χ0n) is 16.0. The molecule has 0 atom stereocenters. The summed E-state index contributed by atoms with van der Waals surface area (Å²) < 4.78 is 14.4. The number of halogens is 1. The molecule has 4 rings (SSSR count). The molecule has 0 bridgehead atoms. The van der Waals surface area contributed by atoms with E-state index in [4.69, 9.17) is 0 Å². The van der Waals surface area contributed by atoms with Crippen molar-refractivity contribution in [1.82, 2.24) is 4.90 Å². The number of rotatable bonds is 5. The number of anilines is 2. The third-order valence-electron chi connectivity index (χ3n) is 5.72. The lowest BCUT2D eigenvalue weighted by Gasteiger charge is -2.39. The van der Waals surface area contributed by atoms with Crippen molar-refractivity contribution in [2.45, 2.75) is 18.3 Å². The molecule has 1 amide bonds. The molecule has 2 aliphatic rings. The zero-order valence-corrected chi connectivity index (χ0v) is 16.0. The quantitative estimate of drug-likeness (QED) is 0.812. The number of hydrogen-bond donors (Lipinski definition) is 0. The van der Waals surface area contributed by atoms with Gasteiger partial charge in [0.2, 0.25) is 5.91 Å². The van der Waals surface area contributed by atoms with E-state index in [1.54, 1.807) is 12.1 Å². The summed E-state index contributed by atoms with van der Waals surface area (Å²) in [4.78, 5) is 19.9. The molecule has 0 saturated heterocycles. The molecule has 4 nitrogen and oxygen atoms in total. The molecule has 2 aromatic rings. The Hall–Kier alpha value is -2.40. The number of likely N-dealkylation sites (N-methyl/N-ethyl adjacent to an activating group) is 1. The van der Waals surface area contributed by atoms with Gasteiger partial charge in [0.25, 0.3) is 0 Å². The first-order chi connectivity index (χ1) is 13.0. The van der Waals surface area contributed by atoms with Crippen LogP contribution in [0.4, 0.5) is 15.8 Å². The molecule has 1 heterocycles. The van der Waals surface area contributed by atoms with Gasteiger partial charge in [0, 0.05) is 31.7 Å². The lowest BCUT2D eigenvalue weighted by Crippen LogP contribution is -2.49. The molecule has 0 aromatic heterocycles. The van der Waals surface area contributed by atoms with Crippen molar-refractivity contribution in [2.24, 2.45) is 0 Å². The summed E-state index contributed by atoms with van der Waals surface area (Å²) in [6, 6.07) is 14.8. The predicted molar refractivity (Wildman–Crippen MR) is 107 cm³/mol. The van der Waals surface area contributed by atoms with Crippen molar-refractivity contribution >= 4 is 17.3 Å². The van der Waals surface area contributed by atoms with Crippen LogP contribution in [0.1, 0.15) is 18.4 Å². The number of fused-ring (bicyclic) bond motifs is 1. The normalized spacial score (nSPS) is 17.8. The number of carbonyl (C=O) groups is 1. The summed E-state index contributed by atoms with van der Waals surface area (Å²) in [6.45, 7) is 3.31. The summed E-state index contributed by atoms with van der Waals surface area (Å²) in [5.41, 5.74) is 1.88. The molecular formula is C22H26FN3O. The van der Waals surface area contributed by atoms with E-state index in [0.29, 0.717) is 12.1 Å². The maximum Gasteiger partial charge on any atom is 0.237 e. The van der Waals surface area contributed by atoms with Gasteiger partial charge in [-0.05, 0) is 45.1 Å². The Balaban J connectivity index is 1.63. The Labute approximate surface area is 160 Å². The van der Waals surface area contributed by atoms with Crippen LogP contribution in [0.25, 0.3) is 0 Å². The molecule has 1 saturated carbocycles. The number of amides is 1. The van der Waals surface area contributed by atoms with E-state index in [0.717, 1.165) is 43.9 Å². The molecule has 0 spiro atoms. The van der Waals surface area contributed by atoms with Crippen LogP contribution in [0.3, 0.4) is 0 Å². The topological polar surface area (TPSA) is 26.8 Å². The van der Waals surface area contributed by atoms with Crippen LogP contribution in [0.2, 0.25) is 0 Å². The van der Waals surface area contributed by atoms with E-state index in [9.17, 15) is 9.18 Å². The van der Waals surface area contributed by atoms with Crippen LogP contribution >= 0.6 is 0 Å². The van der Waals surface area contributed by atoms with Crippen LogP contribution in [-0.4, -0.2) is 51.1 Å². The lowest BCUT2D eigenvalue weighted by atomic mass is 9.93. The molecule has 142 valence electrons. The fraction of sp³-hybridized carbons (Fsp3) is 0.409. The van der Waals surface area contributed by atoms with Gasteiger partial charge in [0.05, 0.1) is 16.8 Å². The molecular weight excluding hydrogens is 341 g/mol. The highest BCUT2D eigenvalue weighted by atomic mass is 19.1. The van der Waals surface area contributed by atoms with Gasteiger partial charge in [-0.25, -0.2) is 4.39 Å². The number of para-hydroxylation sites is 2. The largest absolute Gasteiger partial charge is 0.367 e. The standard InChI is InChI=1S/C22H26FN3O/c1-24(2)13-14-25-15-16-26(20-10-6-5-9-19(20)25)21(27)22(11-12-22)17-7-3-4-8-18(17)23/h3-10H,11-16H2,1-2H3. The molecule has 2 aromatic carbocycles. The van der Waals surface area contributed by atoms with Crippen molar-refractivity contribution in [2.75, 3.05) is 50.1 Å². The van der Waals surface area contributed by atoms with E-state index in [1.165, 1.54) is 6.07 Å². The van der Waals surface area contributed by atoms with Crippen LogP contribution in [0.15, 0.2) is 48.5 Å². The van der Waals surface area contributed by atoms with Gasteiger partial charge >= 0.3 is 0 Å². The maximum atomic E-state index is 14.4. The first kappa shape index (κ1) is 18.0. The maximum absolute atomic E-state index is 14.4. The summed E-state index contributed by atoms with van der Waals surface area (Å²) in [5, 5.41) is 0. The average molecular weight is 367 g/mol. The molecule has 0 N–H and O–H groups in total. The molecule has 1 fully saturated rings. The third-order valence-corrected chi connectivity index (χ3v) is 5.72. The minimum Gasteiger partial charge on any atom is -0.367 e. The minimum atomic E-state index is -0.690. The smallest absolute Gasteiger partial charge is 0.237 e. The van der Waals surface area contributed by atoms with E-state index in [2.05, 4.69) is 30.0 Å². The first-order valence-electron chi connectivity index (χ1n) is 9.59. The monoisotopic (exact) mass is 367 g/mol. The SMILES string of the molecule is CN(C)CCN1CCN(C(=O)C2(c3ccccc3F)CC2)c2ccccc21. The van der Waals surface area contributed by atoms with E-state index in [-0.39, 0.29) is 11.7 Å². The summed E-state index contributed by atoms with van der Waals surface area (Å²) >= 11 is 0. The van der Waals surface area contributed by atoms with Gasteiger partial charge in [0.1, 0.15) is 5.82 Å². The van der Waals surface area contributed by atoms with E-state index >= 15 is 0 Å². The van der Waals surface area contributed by atoms with Gasteiger partial charge in [-0.2, -0.15) is 0 Å². The number of nitrogens with zero attached hydrogens (tertiary/aromatic N) is 3. The lowest BCUT2D eigenvalue weighted by molar-refractivity contribution is -0.121. The van der Waals surface area contributed by atoms with Crippen LogP contribution in [0.5, 0.6) is 0 Å². The molecule has 0 unspecified atom stereocenters. The molecule has 27 heavy (non-hydrogen) atoms. The Morgan fingerprint density at radius 2 is 1.70 bits per heavy atom. The zero-order chi connectivity index (χ0) is 19.0. The minimum absolute atomic E-state index is 0.0345. The molecule has 1 aliphatic carbocycles.